The molecule has 0 aliphatic heterocycles. The van der Waals surface area contributed by atoms with Crippen LogP contribution in [-0.4, -0.2) is 52.0 Å². The molecule has 202 valence electrons. The zero-order valence-electron chi connectivity index (χ0n) is 23.1. The van der Waals surface area contributed by atoms with Crippen LogP contribution in [-0.2, 0) is 9.53 Å². The Balaban J connectivity index is 1.71. The van der Waals surface area contributed by atoms with Crippen LogP contribution in [0.1, 0.15) is 24.5 Å². The number of hydrogen-bond acceptors (Lipinski definition) is 5. The van der Waals surface area contributed by atoms with Crippen molar-refractivity contribution < 1.29 is 19.0 Å². The van der Waals surface area contributed by atoms with E-state index in [1.165, 1.54) is 0 Å². The van der Waals surface area contributed by atoms with Gasteiger partial charge in [0.25, 0.3) is 5.91 Å². The van der Waals surface area contributed by atoms with E-state index in [-0.39, 0.29) is 12.7 Å². The zero-order chi connectivity index (χ0) is 27.6. The highest BCUT2D eigenvalue weighted by molar-refractivity contribution is 6.32. The third-order valence-corrected chi connectivity index (χ3v) is 6.40. The molecular formula is C33H36N2O4. The van der Waals surface area contributed by atoms with Gasteiger partial charge in [-0.25, -0.2) is 0 Å². The highest BCUT2D eigenvalue weighted by Crippen LogP contribution is 2.35. The Morgan fingerprint density at radius 2 is 1.49 bits per heavy atom. The van der Waals surface area contributed by atoms with Crippen LogP contribution in [0.5, 0.6) is 11.5 Å². The van der Waals surface area contributed by atoms with Crippen molar-refractivity contribution in [1.29, 1.82) is 0 Å². The summed E-state index contributed by atoms with van der Waals surface area (Å²) in [6, 6.07) is 29.5. The van der Waals surface area contributed by atoms with E-state index in [9.17, 15) is 4.79 Å². The summed E-state index contributed by atoms with van der Waals surface area (Å²) in [6.07, 6.45) is 0.678. The normalized spacial score (nSPS) is 11.8. The molecule has 0 radical (unpaired) electrons. The second kappa shape index (κ2) is 13.6. The number of nitrogens with one attached hydrogen (secondary N) is 1. The van der Waals surface area contributed by atoms with Crippen molar-refractivity contribution in [3.8, 4) is 11.5 Å². The van der Waals surface area contributed by atoms with Crippen LogP contribution in [0.15, 0.2) is 91.0 Å². The van der Waals surface area contributed by atoms with Gasteiger partial charge in [-0.15, -0.1) is 0 Å². The molecule has 4 rings (SSSR count). The predicted molar refractivity (Wildman–Crippen MR) is 159 cm³/mol. The number of carbonyl (C=O) groups excluding carboxylic acids is 1. The molecule has 0 bridgehead atoms. The van der Waals surface area contributed by atoms with Crippen molar-refractivity contribution in [1.82, 2.24) is 4.90 Å². The number of likely N-dealkylation sites (N-methyl/N-ethyl adjacent to an activating group) is 1. The lowest BCUT2D eigenvalue weighted by Crippen LogP contribution is -2.19. The molecule has 39 heavy (non-hydrogen) atoms. The minimum Gasteiger partial charge on any atom is -0.492 e. The standard InChI is InChI=1S/C33H36N2O4/c1-5-29(31-12-8-10-24-9-6-7-11-30(24)31)32(25-13-17-28(18-14-25)39-23-37-4)33(36)34-26-15-19-27(20-16-26)38-22-21-35(2)3/h6-20H,5,21-23H2,1-4H3,(H,34,36)/b32-29+. The Hall–Kier alpha value is -4.13. The number of fused-ring (bicyclic) bond motifs is 1. The lowest BCUT2D eigenvalue weighted by molar-refractivity contribution is -0.111. The third-order valence-electron chi connectivity index (χ3n) is 6.40. The zero-order valence-corrected chi connectivity index (χ0v) is 23.1. The predicted octanol–water partition coefficient (Wildman–Crippen LogP) is 6.72. The van der Waals surface area contributed by atoms with Crippen LogP contribution < -0.4 is 14.8 Å². The van der Waals surface area contributed by atoms with Crippen LogP contribution in [0.25, 0.3) is 21.9 Å². The van der Waals surface area contributed by atoms with Gasteiger partial charge < -0.3 is 24.4 Å². The van der Waals surface area contributed by atoms with E-state index >= 15 is 0 Å². The molecule has 0 spiro atoms. The molecule has 6 nitrogen and oxygen atoms in total. The van der Waals surface area contributed by atoms with Crippen molar-refractivity contribution in [2.75, 3.05) is 46.5 Å². The molecule has 6 heteroatoms. The molecule has 1 amide bonds. The summed E-state index contributed by atoms with van der Waals surface area (Å²) in [7, 11) is 5.60. The molecule has 0 heterocycles. The summed E-state index contributed by atoms with van der Waals surface area (Å²) < 4.78 is 16.4. The summed E-state index contributed by atoms with van der Waals surface area (Å²) in [5, 5.41) is 5.36. The first-order valence-corrected chi connectivity index (χ1v) is 13.1. The second-order valence-corrected chi connectivity index (χ2v) is 9.44. The number of carbonyl (C=O) groups is 1. The van der Waals surface area contributed by atoms with Crippen molar-refractivity contribution in [2.45, 2.75) is 13.3 Å². The second-order valence-electron chi connectivity index (χ2n) is 9.44. The number of ether oxygens (including phenoxy) is 3. The Morgan fingerprint density at radius 1 is 0.821 bits per heavy atom. The maximum Gasteiger partial charge on any atom is 0.256 e. The largest absolute Gasteiger partial charge is 0.492 e. The van der Waals surface area contributed by atoms with Gasteiger partial charge in [0, 0.05) is 19.3 Å². The fraction of sp³-hybridized carbons (Fsp3) is 0.242. The maximum absolute atomic E-state index is 14.0. The van der Waals surface area contributed by atoms with Gasteiger partial charge in [-0.3, -0.25) is 4.79 Å². The van der Waals surface area contributed by atoms with E-state index in [0.717, 1.165) is 39.8 Å². The molecule has 0 aromatic heterocycles. The van der Waals surface area contributed by atoms with Gasteiger partial charge in [0.15, 0.2) is 6.79 Å². The van der Waals surface area contributed by atoms with Crippen LogP contribution in [0, 0.1) is 0 Å². The average molecular weight is 525 g/mol. The van der Waals surface area contributed by atoms with E-state index in [2.05, 4.69) is 41.4 Å². The third kappa shape index (κ3) is 7.25. The van der Waals surface area contributed by atoms with Crippen LogP contribution in [0.4, 0.5) is 5.69 Å². The molecule has 0 aliphatic carbocycles. The average Bonchev–Trinajstić information content (AvgIpc) is 2.95. The molecule has 1 N–H and O–H groups in total. The summed E-state index contributed by atoms with van der Waals surface area (Å²) in [5.41, 5.74) is 4.15. The minimum atomic E-state index is -0.174. The summed E-state index contributed by atoms with van der Waals surface area (Å²) in [5.74, 6) is 1.27. The first kappa shape index (κ1) is 27.9. The Kier molecular flexibility index (Phi) is 9.73. The highest BCUT2D eigenvalue weighted by Gasteiger charge is 2.20. The van der Waals surface area contributed by atoms with Crippen molar-refractivity contribution in [3.63, 3.8) is 0 Å². The fourth-order valence-corrected chi connectivity index (χ4v) is 4.45. The first-order chi connectivity index (χ1) is 19.0. The number of amides is 1. The fourth-order valence-electron chi connectivity index (χ4n) is 4.45. The summed E-state index contributed by atoms with van der Waals surface area (Å²) in [4.78, 5) is 16.0. The number of nitrogens with zero attached hydrogens (tertiary/aromatic N) is 1. The van der Waals surface area contributed by atoms with Gasteiger partial charge in [-0.05, 0) is 84.4 Å². The van der Waals surface area contributed by atoms with E-state index in [1.54, 1.807) is 7.11 Å². The smallest absolute Gasteiger partial charge is 0.256 e. The van der Waals surface area contributed by atoms with Crippen molar-refractivity contribution in [2.24, 2.45) is 0 Å². The van der Waals surface area contributed by atoms with E-state index in [4.69, 9.17) is 14.2 Å². The van der Waals surface area contributed by atoms with Crippen molar-refractivity contribution in [3.05, 3.63) is 102 Å². The number of benzene rings is 4. The Labute approximate surface area is 230 Å². The van der Waals surface area contributed by atoms with E-state index < -0.39 is 0 Å². The van der Waals surface area contributed by atoms with E-state index in [1.807, 2.05) is 80.8 Å². The van der Waals surface area contributed by atoms with Gasteiger partial charge >= 0.3 is 0 Å². The molecule has 0 saturated heterocycles. The quantitative estimate of drug-likeness (QED) is 0.127. The number of allylic oxidation sites excluding steroid dienone is 1. The lowest BCUT2D eigenvalue weighted by atomic mass is 9.89. The van der Waals surface area contributed by atoms with Gasteiger partial charge in [0.1, 0.15) is 18.1 Å². The molecule has 0 unspecified atom stereocenters. The van der Waals surface area contributed by atoms with Crippen LogP contribution in [0.3, 0.4) is 0 Å². The number of hydrogen-bond donors (Lipinski definition) is 1. The number of methoxy groups -OCH3 is 1. The van der Waals surface area contributed by atoms with Crippen LogP contribution >= 0.6 is 0 Å². The number of rotatable bonds is 12. The molecular weight excluding hydrogens is 488 g/mol. The summed E-state index contributed by atoms with van der Waals surface area (Å²) >= 11 is 0. The van der Waals surface area contributed by atoms with Gasteiger partial charge in [-0.1, -0.05) is 61.5 Å². The first-order valence-electron chi connectivity index (χ1n) is 13.1. The van der Waals surface area contributed by atoms with E-state index in [0.29, 0.717) is 30.0 Å². The van der Waals surface area contributed by atoms with Crippen LogP contribution in [0.2, 0.25) is 0 Å². The Bertz CT molecular complexity index is 1400. The Morgan fingerprint density at radius 3 is 2.18 bits per heavy atom. The SMILES string of the molecule is CC/C(=C(\C(=O)Nc1ccc(OCCN(C)C)cc1)c1ccc(OCOC)cc1)c1cccc2ccccc12. The molecule has 0 atom stereocenters. The molecule has 4 aromatic rings. The van der Waals surface area contributed by atoms with Gasteiger partial charge in [0.05, 0.1) is 5.57 Å². The topological polar surface area (TPSA) is 60.0 Å². The minimum absolute atomic E-state index is 0.160. The molecule has 4 aromatic carbocycles. The molecule has 0 aliphatic rings. The number of anilines is 1. The van der Waals surface area contributed by atoms with Gasteiger partial charge in [-0.2, -0.15) is 0 Å². The molecule has 0 fully saturated rings. The van der Waals surface area contributed by atoms with Crippen molar-refractivity contribution >= 4 is 33.5 Å². The molecule has 0 saturated carbocycles. The maximum atomic E-state index is 14.0. The highest BCUT2D eigenvalue weighted by atomic mass is 16.7. The summed E-state index contributed by atoms with van der Waals surface area (Å²) in [6.45, 7) is 3.67. The van der Waals surface area contributed by atoms with Gasteiger partial charge in [0.2, 0.25) is 0 Å². The monoisotopic (exact) mass is 524 g/mol. The lowest BCUT2D eigenvalue weighted by Gasteiger charge is -2.18.